The molecule has 1 aromatic carbocycles. The number of ether oxygens (including phenoxy) is 2. The van der Waals surface area contributed by atoms with E-state index in [1.807, 2.05) is 0 Å². The summed E-state index contributed by atoms with van der Waals surface area (Å²) in [4.78, 5) is 12.6. The Morgan fingerprint density at radius 3 is 2.68 bits per heavy atom. The van der Waals surface area contributed by atoms with Crippen LogP contribution < -0.4 is 14.8 Å². The normalized spacial score (nSPS) is 10.2. The molecule has 6 heteroatoms. The van der Waals surface area contributed by atoms with Gasteiger partial charge in [0.25, 0.3) is 5.91 Å². The van der Waals surface area contributed by atoms with E-state index in [1.54, 1.807) is 49.2 Å². The maximum atomic E-state index is 12.6. The van der Waals surface area contributed by atoms with Crippen molar-refractivity contribution in [3.63, 3.8) is 0 Å². The molecule has 0 aliphatic carbocycles. The van der Waals surface area contributed by atoms with Crippen LogP contribution in [-0.2, 0) is 0 Å². The number of carbonyl (C=O) groups excluding carboxylic acids is 1. The molecule has 1 heterocycles. The SMILES string of the molecule is CCCCCNC(=O)c1c(C#N)ccn1-c1ccc(OC)cc1OC. The molecule has 0 bridgehead atoms. The number of nitrogens with one attached hydrogen (secondary N) is 1. The lowest BCUT2D eigenvalue weighted by atomic mass is 10.2. The number of hydrogen-bond donors (Lipinski definition) is 1. The maximum Gasteiger partial charge on any atom is 0.269 e. The number of aromatic nitrogens is 1. The number of amides is 1. The molecule has 0 atom stereocenters. The molecule has 0 unspecified atom stereocenters. The summed E-state index contributed by atoms with van der Waals surface area (Å²) in [6.45, 7) is 2.69. The third-order valence-electron chi connectivity index (χ3n) is 3.93. The molecule has 1 aromatic heterocycles. The Morgan fingerprint density at radius 1 is 1.24 bits per heavy atom. The van der Waals surface area contributed by atoms with E-state index in [0.29, 0.717) is 35.0 Å². The van der Waals surface area contributed by atoms with Crippen molar-refractivity contribution < 1.29 is 14.3 Å². The van der Waals surface area contributed by atoms with E-state index in [4.69, 9.17) is 9.47 Å². The second kappa shape index (κ2) is 8.78. The standard InChI is InChI=1S/C19H23N3O3/c1-4-5-6-10-21-19(23)18-14(13-20)9-11-22(18)16-8-7-15(24-2)12-17(16)25-3/h7-9,11-12H,4-6,10H2,1-3H3,(H,21,23). The van der Waals surface area contributed by atoms with Crippen molar-refractivity contribution in [3.8, 4) is 23.3 Å². The van der Waals surface area contributed by atoms with Gasteiger partial charge in [-0.15, -0.1) is 0 Å². The van der Waals surface area contributed by atoms with Crippen molar-refractivity contribution in [2.24, 2.45) is 0 Å². The largest absolute Gasteiger partial charge is 0.497 e. The quantitative estimate of drug-likeness (QED) is 0.748. The van der Waals surface area contributed by atoms with Gasteiger partial charge in [-0.05, 0) is 24.6 Å². The minimum Gasteiger partial charge on any atom is -0.497 e. The fourth-order valence-electron chi connectivity index (χ4n) is 2.60. The first-order valence-corrected chi connectivity index (χ1v) is 8.28. The van der Waals surface area contributed by atoms with Crippen LogP contribution in [0.3, 0.4) is 0 Å². The molecule has 2 aromatic rings. The summed E-state index contributed by atoms with van der Waals surface area (Å²) in [5.74, 6) is 0.939. The molecule has 0 fully saturated rings. The number of hydrogen-bond acceptors (Lipinski definition) is 4. The van der Waals surface area contributed by atoms with E-state index in [9.17, 15) is 10.1 Å². The number of carbonyl (C=O) groups is 1. The summed E-state index contributed by atoms with van der Waals surface area (Å²) >= 11 is 0. The van der Waals surface area contributed by atoms with Crippen molar-refractivity contribution in [2.75, 3.05) is 20.8 Å². The van der Waals surface area contributed by atoms with Crippen molar-refractivity contribution in [3.05, 3.63) is 41.7 Å². The molecular weight excluding hydrogens is 318 g/mol. The molecule has 0 saturated carbocycles. The Bertz CT molecular complexity index is 775. The third kappa shape index (κ3) is 4.13. The van der Waals surface area contributed by atoms with Crippen LogP contribution in [0.5, 0.6) is 11.5 Å². The van der Waals surface area contributed by atoms with Crippen LogP contribution in [0.1, 0.15) is 42.2 Å². The Balaban J connectivity index is 2.38. The van der Waals surface area contributed by atoms with Crippen LogP contribution >= 0.6 is 0 Å². The topological polar surface area (TPSA) is 76.3 Å². The van der Waals surface area contributed by atoms with Gasteiger partial charge in [0.05, 0.1) is 25.5 Å². The highest BCUT2D eigenvalue weighted by Gasteiger charge is 2.20. The van der Waals surface area contributed by atoms with Gasteiger partial charge in [-0.2, -0.15) is 5.26 Å². The van der Waals surface area contributed by atoms with Crippen molar-refractivity contribution >= 4 is 5.91 Å². The summed E-state index contributed by atoms with van der Waals surface area (Å²) in [5, 5.41) is 12.2. The van der Waals surface area contributed by atoms with Crippen LogP contribution in [-0.4, -0.2) is 31.2 Å². The van der Waals surface area contributed by atoms with Crippen molar-refractivity contribution in [1.29, 1.82) is 5.26 Å². The van der Waals surface area contributed by atoms with E-state index in [2.05, 4.69) is 18.3 Å². The van der Waals surface area contributed by atoms with Gasteiger partial charge in [-0.1, -0.05) is 19.8 Å². The van der Waals surface area contributed by atoms with E-state index in [0.717, 1.165) is 19.3 Å². The van der Waals surface area contributed by atoms with Gasteiger partial charge in [0.2, 0.25) is 0 Å². The fraction of sp³-hybridized carbons (Fsp3) is 0.368. The fourth-order valence-corrected chi connectivity index (χ4v) is 2.60. The Kier molecular flexibility index (Phi) is 6.47. The van der Waals surface area contributed by atoms with E-state index in [1.165, 1.54) is 0 Å². The van der Waals surface area contributed by atoms with E-state index >= 15 is 0 Å². The zero-order valence-corrected chi connectivity index (χ0v) is 14.8. The molecule has 0 aliphatic rings. The lowest BCUT2D eigenvalue weighted by Crippen LogP contribution is -2.27. The van der Waals surface area contributed by atoms with Crippen molar-refractivity contribution in [2.45, 2.75) is 26.2 Å². The van der Waals surface area contributed by atoms with Gasteiger partial charge < -0.3 is 19.4 Å². The van der Waals surface area contributed by atoms with E-state index in [-0.39, 0.29) is 5.91 Å². The molecule has 0 spiro atoms. The van der Waals surface area contributed by atoms with Gasteiger partial charge in [-0.25, -0.2) is 0 Å². The molecular formula is C19H23N3O3. The van der Waals surface area contributed by atoms with Crippen LogP contribution in [0.4, 0.5) is 0 Å². The van der Waals surface area contributed by atoms with Crippen molar-refractivity contribution in [1.82, 2.24) is 9.88 Å². The van der Waals surface area contributed by atoms with Gasteiger partial charge in [0.1, 0.15) is 23.3 Å². The first-order chi connectivity index (χ1) is 12.2. The first kappa shape index (κ1) is 18.4. The molecule has 0 saturated heterocycles. The lowest BCUT2D eigenvalue weighted by molar-refractivity contribution is 0.0946. The molecule has 2 rings (SSSR count). The first-order valence-electron chi connectivity index (χ1n) is 8.28. The van der Waals surface area contributed by atoms with Gasteiger partial charge in [0.15, 0.2) is 0 Å². The highest BCUT2D eigenvalue weighted by atomic mass is 16.5. The molecule has 6 nitrogen and oxygen atoms in total. The second-order valence-corrected chi connectivity index (χ2v) is 5.56. The van der Waals surface area contributed by atoms with E-state index < -0.39 is 0 Å². The minimum atomic E-state index is -0.268. The summed E-state index contributed by atoms with van der Waals surface area (Å²) in [6.07, 6.45) is 4.75. The van der Waals surface area contributed by atoms with Gasteiger partial charge >= 0.3 is 0 Å². The predicted molar refractivity (Wildman–Crippen MR) is 95.4 cm³/mol. The molecule has 1 amide bonds. The highest BCUT2D eigenvalue weighted by molar-refractivity contribution is 5.96. The minimum absolute atomic E-state index is 0.268. The van der Waals surface area contributed by atoms with Gasteiger partial charge in [-0.3, -0.25) is 4.79 Å². The maximum absolute atomic E-state index is 12.6. The smallest absolute Gasteiger partial charge is 0.269 e. The monoisotopic (exact) mass is 341 g/mol. The number of benzene rings is 1. The molecule has 1 N–H and O–H groups in total. The molecule has 0 radical (unpaired) electrons. The molecule has 0 aliphatic heterocycles. The third-order valence-corrected chi connectivity index (χ3v) is 3.93. The number of rotatable bonds is 8. The summed E-state index contributed by atoms with van der Waals surface area (Å²) in [5.41, 5.74) is 1.30. The number of nitrogens with zero attached hydrogens (tertiary/aromatic N) is 2. The number of unbranched alkanes of at least 4 members (excludes halogenated alkanes) is 2. The summed E-state index contributed by atoms with van der Waals surface area (Å²) in [7, 11) is 3.13. The second-order valence-electron chi connectivity index (χ2n) is 5.56. The number of methoxy groups -OCH3 is 2. The number of nitriles is 1. The molecule has 25 heavy (non-hydrogen) atoms. The van der Waals surface area contributed by atoms with Crippen LogP contribution in [0.2, 0.25) is 0 Å². The highest BCUT2D eigenvalue weighted by Crippen LogP contribution is 2.30. The van der Waals surface area contributed by atoms with Crippen LogP contribution in [0.15, 0.2) is 30.5 Å². The van der Waals surface area contributed by atoms with Crippen LogP contribution in [0, 0.1) is 11.3 Å². The van der Waals surface area contributed by atoms with Gasteiger partial charge in [0, 0.05) is 18.8 Å². The average molecular weight is 341 g/mol. The Hall–Kier alpha value is -2.94. The van der Waals surface area contributed by atoms with Crippen LogP contribution in [0.25, 0.3) is 5.69 Å². The lowest BCUT2D eigenvalue weighted by Gasteiger charge is -2.14. The Morgan fingerprint density at radius 2 is 2.04 bits per heavy atom. The predicted octanol–water partition coefficient (Wildman–Crippen LogP) is 3.29. The average Bonchev–Trinajstić information content (AvgIpc) is 3.08. The molecule has 132 valence electrons. The zero-order valence-electron chi connectivity index (χ0n) is 14.8. The Labute approximate surface area is 148 Å². The zero-order chi connectivity index (χ0) is 18.2. The summed E-state index contributed by atoms with van der Waals surface area (Å²) in [6, 6.07) is 9.03. The summed E-state index contributed by atoms with van der Waals surface area (Å²) < 4.78 is 12.3.